The second-order valence-corrected chi connectivity index (χ2v) is 7.15. The Hall–Kier alpha value is -2.31. The Labute approximate surface area is 163 Å². The highest BCUT2D eigenvalue weighted by Gasteiger charge is 2.39. The minimum absolute atomic E-state index is 0.0233. The summed E-state index contributed by atoms with van der Waals surface area (Å²) in [7, 11) is 0. The van der Waals surface area contributed by atoms with Crippen LogP contribution in [0.5, 0.6) is 0 Å². The van der Waals surface area contributed by atoms with Gasteiger partial charge in [-0.15, -0.1) is 0 Å². The first kappa shape index (κ1) is 22.0. The lowest BCUT2D eigenvalue weighted by Gasteiger charge is -2.22. The summed E-state index contributed by atoms with van der Waals surface area (Å²) in [5.74, 6) is -1.19. The lowest BCUT2D eigenvalue weighted by molar-refractivity contribution is -0.137. The molecule has 0 spiro atoms. The van der Waals surface area contributed by atoms with Crippen molar-refractivity contribution in [2.24, 2.45) is 0 Å². The predicted octanol–water partition coefficient (Wildman–Crippen LogP) is 5.18. The zero-order chi connectivity index (χ0) is 20.9. The number of carbonyl (C=O) groups excluding carboxylic acids is 2. The summed E-state index contributed by atoms with van der Waals surface area (Å²) >= 11 is 0. The zero-order valence-electron chi connectivity index (χ0n) is 16.2. The zero-order valence-corrected chi connectivity index (χ0v) is 16.2. The van der Waals surface area contributed by atoms with Crippen molar-refractivity contribution in [1.82, 2.24) is 4.90 Å². The normalized spacial score (nSPS) is 17.5. The Morgan fingerprint density at radius 1 is 1.11 bits per heavy atom. The molecule has 7 heteroatoms. The molecule has 1 atom stereocenters. The van der Waals surface area contributed by atoms with Crippen LogP contribution in [0.25, 0.3) is 0 Å². The third-order valence-corrected chi connectivity index (χ3v) is 5.01. The van der Waals surface area contributed by atoms with E-state index in [-0.39, 0.29) is 30.1 Å². The van der Waals surface area contributed by atoms with Crippen molar-refractivity contribution in [3.63, 3.8) is 0 Å². The first-order valence-corrected chi connectivity index (χ1v) is 9.60. The van der Waals surface area contributed by atoms with Crippen LogP contribution in [0.15, 0.2) is 35.6 Å². The van der Waals surface area contributed by atoms with Gasteiger partial charge in [-0.1, -0.05) is 44.7 Å². The maximum atomic E-state index is 12.7. The molecule has 1 aliphatic heterocycles. The number of carbonyl (C=O) groups is 2. The molecule has 0 radical (unpaired) electrons. The Morgan fingerprint density at radius 2 is 1.71 bits per heavy atom. The minimum atomic E-state index is -4.42. The van der Waals surface area contributed by atoms with Gasteiger partial charge in [-0.3, -0.25) is 9.59 Å². The minimum Gasteiger partial charge on any atom is -0.509 e. The molecule has 1 aromatic carbocycles. The molecule has 1 aliphatic rings. The molecule has 1 aromatic rings. The fourth-order valence-electron chi connectivity index (χ4n) is 3.27. The highest BCUT2D eigenvalue weighted by atomic mass is 19.4. The largest absolute Gasteiger partial charge is 0.509 e. The van der Waals surface area contributed by atoms with Crippen LogP contribution in [0.4, 0.5) is 13.2 Å². The van der Waals surface area contributed by atoms with Gasteiger partial charge in [-0.05, 0) is 31.0 Å². The molecule has 28 heavy (non-hydrogen) atoms. The first-order chi connectivity index (χ1) is 13.2. The van der Waals surface area contributed by atoms with Gasteiger partial charge in [0.15, 0.2) is 5.78 Å². The van der Waals surface area contributed by atoms with E-state index >= 15 is 0 Å². The number of aliphatic hydroxyl groups is 1. The van der Waals surface area contributed by atoms with Crippen molar-refractivity contribution >= 4 is 11.7 Å². The Morgan fingerprint density at radius 3 is 2.29 bits per heavy atom. The number of nitrogens with zero attached hydrogens (tertiary/aromatic N) is 1. The van der Waals surface area contributed by atoms with Crippen LogP contribution in [-0.2, 0) is 22.3 Å². The number of amides is 1. The molecule has 4 nitrogen and oxygen atoms in total. The number of ketones is 1. The molecule has 0 aliphatic carbocycles. The number of unbranched alkanes of at least 4 members (excludes halogenated alkanes) is 4. The van der Waals surface area contributed by atoms with E-state index in [1.54, 1.807) is 6.92 Å². The quantitative estimate of drug-likeness (QED) is 0.462. The van der Waals surface area contributed by atoms with Crippen LogP contribution in [-0.4, -0.2) is 27.7 Å². The van der Waals surface area contributed by atoms with Gasteiger partial charge in [0.05, 0.1) is 11.6 Å². The Kier molecular flexibility index (Phi) is 7.27. The van der Waals surface area contributed by atoms with Gasteiger partial charge >= 0.3 is 6.18 Å². The molecule has 0 fully saturated rings. The van der Waals surface area contributed by atoms with E-state index in [0.717, 1.165) is 37.8 Å². The average molecular weight is 397 g/mol. The van der Waals surface area contributed by atoms with Crippen molar-refractivity contribution < 1.29 is 27.9 Å². The highest BCUT2D eigenvalue weighted by Crippen LogP contribution is 2.31. The van der Waals surface area contributed by atoms with E-state index in [1.165, 1.54) is 17.0 Å². The Balaban J connectivity index is 2.01. The number of alkyl halides is 3. The maximum Gasteiger partial charge on any atom is 0.416 e. The number of rotatable bonds is 9. The van der Waals surface area contributed by atoms with Crippen molar-refractivity contribution in [3.05, 3.63) is 46.7 Å². The molecule has 2 rings (SSSR count). The number of hydrogen-bond donors (Lipinski definition) is 1. The maximum absolute atomic E-state index is 12.7. The molecule has 0 aromatic heterocycles. The second-order valence-electron chi connectivity index (χ2n) is 7.15. The summed E-state index contributed by atoms with van der Waals surface area (Å²) in [6.45, 7) is 3.71. The molecule has 1 N–H and O–H groups in total. The molecule has 0 bridgehead atoms. The van der Waals surface area contributed by atoms with Gasteiger partial charge in [-0.2, -0.15) is 13.2 Å². The van der Waals surface area contributed by atoms with Crippen molar-refractivity contribution in [2.75, 3.05) is 0 Å². The van der Waals surface area contributed by atoms with Crippen LogP contribution < -0.4 is 0 Å². The number of hydrogen-bond acceptors (Lipinski definition) is 3. The van der Waals surface area contributed by atoms with Crippen LogP contribution in [0.3, 0.4) is 0 Å². The van der Waals surface area contributed by atoms with Crippen LogP contribution in [0, 0.1) is 0 Å². The topological polar surface area (TPSA) is 57.6 Å². The summed E-state index contributed by atoms with van der Waals surface area (Å²) in [6.07, 6.45) is 0.553. The van der Waals surface area contributed by atoms with Crippen molar-refractivity contribution in [2.45, 2.75) is 71.1 Å². The summed E-state index contributed by atoms with van der Waals surface area (Å²) in [4.78, 5) is 26.4. The lowest BCUT2D eigenvalue weighted by atomic mass is 10.0. The van der Waals surface area contributed by atoms with Crippen LogP contribution in [0.1, 0.15) is 63.5 Å². The molecule has 1 heterocycles. The molecular formula is C21H26F3NO3. The fourth-order valence-corrected chi connectivity index (χ4v) is 3.27. The summed E-state index contributed by atoms with van der Waals surface area (Å²) in [5.41, 5.74) is -0.457. The average Bonchev–Trinajstić information content (AvgIpc) is 2.84. The SMILES string of the molecule is CCCCCCCC(=O)C1=C(O)C(C)N(Cc2ccc(C(F)(F)F)cc2)C1=O. The van der Waals surface area contributed by atoms with E-state index in [9.17, 15) is 27.9 Å². The summed E-state index contributed by atoms with van der Waals surface area (Å²) in [6, 6.07) is 3.82. The monoisotopic (exact) mass is 397 g/mol. The summed E-state index contributed by atoms with van der Waals surface area (Å²) in [5, 5.41) is 10.3. The van der Waals surface area contributed by atoms with Gasteiger partial charge in [0.2, 0.25) is 0 Å². The Bertz CT molecular complexity index is 738. The third-order valence-electron chi connectivity index (χ3n) is 5.01. The fraction of sp³-hybridized carbons (Fsp3) is 0.524. The van der Waals surface area contributed by atoms with Crippen LogP contribution >= 0.6 is 0 Å². The number of Topliss-reactive ketones (excluding diaryl/α,β-unsaturated/α-hetero) is 1. The molecule has 1 unspecified atom stereocenters. The second kappa shape index (κ2) is 9.26. The van der Waals surface area contributed by atoms with E-state index in [4.69, 9.17) is 0 Å². The lowest BCUT2D eigenvalue weighted by Crippen LogP contribution is -2.33. The van der Waals surface area contributed by atoms with Crippen molar-refractivity contribution in [3.8, 4) is 0 Å². The molecule has 1 amide bonds. The van der Waals surface area contributed by atoms with E-state index in [1.807, 2.05) is 0 Å². The smallest absolute Gasteiger partial charge is 0.416 e. The first-order valence-electron chi connectivity index (χ1n) is 9.60. The van der Waals surface area contributed by atoms with Gasteiger partial charge in [0.25, 0.3) is 5.91 Å². The number of benzene rings is 1. The third kappa shape index (κ3) is 5.14. The standard InChI is InChI=1S/C21H26F3NO3/c1-3-4-5-6-7-8-17(26)18-19(27)14(2)25(20(18)28)13-15-9-11-16(12-10-15)21(22,23)24/h9-12,14,27H,3-8,13H2,1-2H3. The molecule has 0 saturated heterocycles. The molecular weight excluding hydrogens is 371 g/mol. The number of aliphatic hydroxyl groups excluding tert-OH is 1. The van der Waals surface area contributed by atoms with E-state index in [2.05, 4.69) is 6.92 Å². The molecule has 154 valence electrons. The highest BCUT2D eigenvalue weighted by molar-refractivity contribution is 6.21. The van der Waals surface area contributed by atoms with E-state index < -0.39 is 23.7 Å². The van der Waals surface area contributed by atoms with E-state index in [0.29, 0.717) is 12.0 Å². The van der Waals surface area contributed by atoms with Gasteiger partial charge in [-0.25, -0.2) is 0 Å². The van der Waals surface area contributed by atoms with Gasteiger partial charge < -0.3 is 10.0 Å². The number of halogens is 3. The van der Waals surface area contributed by atoms with Crippen LogP contribution in [0.2, 0.25) is 0 Å². The van der Waals surface area contributed by atoms with Gasteiger partial charge in [0, 0.05) is 13.0 Å². The van der Waals surface area contributed by atoms with Crippen molar-refractivity contribution in [1.29, 1.82) is 0 Å². The van der Waals surface area contributed by atoms with Gasteiger partial charge in [0.1, 0.15) is 11.3 Å². The molecule has 0 saturated carbocycles. The predicted molar refractivity (Wildman–Crippen MR) is 99.5 cm³/mol. The summed E-state index contributed by atoms with van der Waals surface area (Å²) < 4.78 is 38.0.